The van der Waals surface area contributed by atoms with E-state index in [1.165, 1.54) is 0 Å². The number of amides is 2. The predicted octanol–water partition coefficient (Wildman–Crippen LogP) is 1.36. The Morgan fingerprint density at radius 2 is 1.95 bits per heavy atom. The molecule has 2 saturated heterocycles. The van der Waals surface area contributed by atoms with E-state index in [-0.39, 0.29) is 17.9 Å². The number of hydrogen-bond acceptors (Lipinski definition) is 3. The average molecular weight is 295 g/mol. The van der Waals surface area contributed by atoms with Crippen molar-refractivity contribution in [3.63, 3.8) is 0 Å². The van der Waals surface area contributed by atoms with Crippen LogP contribution in [0.1, 0.15) is 52.4 Å². The van der Waals surface area contributed by atoms with Crippen LogP contribution in [0.15, 0.2) is 0 Å². The number of hydrogen-bond donors (Lipinski definition) is 1. The van der Waals surface area contributed by atoms with Crippen LogP contribution in [0, 0.1) is 5.92 Å². The van der Waals surface area contributed by atoms with Crippen LogP contribution >= 0.6 is 0 Å². The van der Waals surface area contributed by atoms with E-state index in [1.54, 1.807) is 0 Å². The van der Waals surface area contributed by atoms with Crippen LogP contribution in [0.25, 0.3) is 0 Å². The van der Waals surface area contributed by atoms with Crippen LogP contribution in [0.4, 0.5) is 0 Å². The second-order valence-electron chi connectivity index (χ2n) is 6.51. The summed E-state index contributed by atoms with van der Waals surface area (Å²) in [5, 5.41) is 0. The summed E-state index contributed by atoms with van der Waals surface area (Å²) in [5.41, 5.74) is 6.05. The number of likely N-dealkylation sites (tertiary alicyclic amines) is 2. The lowest BCUT2D eigenvalue weighted by Gasteiger charge is -2.41. The fourth-order valence-electron chi connectivity index (χ4n) is 3.32. The molecular formula is C16H29N3O2. The first-order valence-corrected chi connectivity index (χ1v) is 8.38. The molecule has 2 rings (SSSR count). The van der Waals surface area contributed by atoms with Gasteiger partial charge in [-0.15, -0.1) is 0 Å². The molecule has 2 atom stereocenters. The number of piperidine rings is 2. The standard InChI is InChI=1S/C16H29N3O2/c1-3-12(2)15(17)16(21)18-10-7-13(8-11-18)19-9-5-4-6-14(19)20/h12-13,15H,3-11,17H2,1-2H3/t12-,15-/m0/s1. The second-order valence-corrected chi connectivity index (χ2v) is 6.51. The average Bonchev–Trinajstić information content (AvgIpc) is 2.53. The molecule has 0 unspecified atom stereocenters. The lowest BCUT2D eigenvalue weighted by atomic mass is 9.96. The lowest BCUT2D eigenvalue weighted by molar-refractivity contribution is -0.139. The Balaban J connectivity index is 1.85. The van der Waals surface area contributed by atoms with Crippen molar-refractivity contribution in [1.29, 1.82) is 0 Å². The molecule has 120 valence electrons. The van der Waals surface area contributed by atoms with Gasteiger partial charge in [0.1, 0.15) is 0 Å². The largest absolute Gasteiger partial charge is 0.341 e. The lowest BCUT2D eigenvalue weighted by Crippen LogP contribution is -2.54. The van der Waals surface area contributed by atoms with Crippen LogP contribution in [0.3, 0.4) is 0 Å². The molecule has 2 aliphatic heterocycles. The molecule has 0 radical (unpaired) electrons. The molecule has 5 nitrogen and oxygen atoms in total. The van der Waals surface area contributed by atoms with E-state index in [4.69, 9.17) is 5.73 Å². The van der Waals surface area contributed by atoms with Crippen molar-refractivity contribution in [3.05, 3.63) is 0 Å². The van der Waals surface area contributed by atoms with Crippen molar-refractivity contribution in [1.82, 2.24) is 9.80 Å². The highest BCUT2D eigenvalue weighted by Crippen LogP contribution is 2.22. The van der Waals surface area contributed by atoms with Gasteiger partial charge >= 0.3 is 0 Å². The predicted molar refractivity (Wildman–Crippen MR) is 82.6 cm³/mol. The van der Waals surface area contributed by atoms with Gasteiger partial charge in [0.2, 0.25) is 11.8 Å². The van der Waals surface area contributed by atoms with Gasteiger partial charge < -0.3 is 15.5 Å². The highest BCUT2D eigenvalue weighted by atomic mass is 16.2. The quantitative estimate of drug-likeness (QED) is 0.851. The third kappa shape index (κ3) is 3.76. The highest BCUT2D eigenvalue weighted by Gasteiger charge is 2.32. The highest BCUT2D eigenvalue weighted by molar-refractivity contribution is 5.82. The molecule has 5 heteroatoms. The molecule has 2 aliphatic rings. The van der Waals surface area contributed by atoms with Gasteiger partial charge in [0, 0.05) is 32.1 Å². The molecule has 2 fully saturated rings. The van der Waals surface area contributed by atoms with Crippen LogP contribution in [-0.4, -0.2) is 53.3 Å². The summed E-state index contributed by atoms with van der Waals surface area (Å²) in [4.78, 5) is 28.3. The van der Waals surface area contributed by atoms with Gasteiger partial charge in [0.05, 0.1) is 6.04 Å². The van der Waals surface area contributed by atoms with E-state index in [1.807, 2.05) is 16.7 Å². The normalized spacial score (nSPS) is 24.0. The van der Waals surface area contributed by atoms with Gasteiger partial charge in [-0.05, 0) is 31.6 Å². The minimum atomic E-state index is -0.386. The van der Waals surface area contributed by atoms with Crippen molar-refractivity contribution < 1.29 is 9.59 Å². The fraction of sp³-hybridized carbons (Fsp3) is 0.875. The fourth-order valence-corrected chi connectivity index (χ4v) is 3.32. The number of nitrogens with two attached hydrogens (primary N) is 1. The molecule has 21 heavy (non-hydrogen) atoms. The van der Waals surface area contributed by atoms with Crippen LogP contribution < -0.4 is 5.73 Å². The molecule has 0 aromatic carbocycles. The molecule has 0 saturated carbocycles. The van der Waals surface area contributed by atoms with Crippen molar-refractivity contribution in [2.45, 2.75) is 64.5 Å². The van der Waals surface area contributed by atoms with Gasteiger partial charge in [-0.1, -0.05) is 20.3 Å². The summed E-state index contributed by atoms with van der Waals surface area (Å²) >= 11 is 0. The maximum absolute atomic E-state index is 12.4. The van der Waals surface area contributed by atoms with Crippen LogP contribution in [-0.2, 0) is 9.59 Å². The van der Waals surface area contributed by atoms with Gasteiger partial charge in [-0.2, -0.15) is 0 Å². The van der Waals surface area contributed by atoms with E-state index in [0.717, 1.165) is 51.7 Å². The first kappa shape index (κ1) is 16.3. The zero-order chi connectivity index (χ0) is 15.4. The van der Waals surface area contributed by atoms with E-state index in [0.29, 0.717) is 18.4 Å². The summed E-state index contributed by atoms with van der Waals surface area (Å²) in [7, 11) is 0. The second kappa shape index (κ2) is 7.25. The van der Waals surface area contributed by atoms with E-state index >= 15 is 0 Å². The molecule has 2 N–H and O–H groups in total. The maximum Gasteiger partial charge on any atom is 0.239 e. The van der Waals surface area contributed by atoms with Crippen LogP contribution in [0.2, 0.25) is 0 Å². The van der Waals surface area contributed by atoms with E-state index < -0.39 is 0 Å². The molecule has 0 aromatic heterocycles. The molecular weight excluding hydrogens is 266 g/mol. The Hall–Kier alpha value is -1.10. The minimum absolute atomic E-state index is 0.0766. The Labute approximate surface area is 127 Å². The number of carbonyl (C=O) groups is 2. The van der Waals surface area contributed by atoms with E-state index in [9.17, 15) is 9.59 Å². The Morgan fingerprint density at radius 3 is 2.52 bits per heavy atom. The minimum Gasteiger partial charge on any atom is -0.341 e. The number of rotatable bonds is 4. The van der Waals surface area contributed by atoms with Gasteiger partial charge in [0.25, 0.3) is 0 Å². The Bertz CT molecular complexity index is 378. The third-order valence-corrected chi connectivity index (χ3v) is 5.12. The molecule has 0 spiro atoms. The molecule has 0 aromatic rings. The summed E-state index contributed by atoms with van der Waals surface area (Å²) in [6.07, 6.45) is 5.54. The van der Waals surface area contributed by atoms with Gasteiger partial charge in [-0.25, -0.2) is 0 Å². The molecule has 2 heterocycles. The summed E-state index contributed by atoms with van der Waals surface area (Å²) in [5.74, 6) is 0.592. The maximum atomic E-state index is 12.4. The monoisotopic (exact) mass is 295 g/mol. The molecule has 2 amide bonds. The van der Waals surface area contributed by atoms with E-state index in [2.05, 4.69) is 6.92 Å². The first-order valence-electron chi connectivity index (χ1n) is 8.38. The van der Waals surface area contributed by atoms with Crippen molar-refractivity contribution in [3.8, 4) is 0 Å². The third-order valence-electron chi connectivity index (χ3n) is 5.12. The summed E-state index contributed by atoms with van der Waals surface area (Å²) in [6, 6.07) is -0.0650. The Kier molecular flexibility index (Phi) is 5.62. The van der Waals surface area contributed by atoms with Crippen molar-refractivity contribution in [2.24, 2.45) is 11.7 Å². The van der Waals surface area contributed by atoms with Gasteiger partial charge in [0.15, 0.2) is 0 Å². The van der Waals surface area contributed by atoms with Crippen molar-refractivity contribution in [2.75, 3.05) is 19.6 Å². The SMILES string of the molecule is CC[C@H](C)[C@H](N)C(=O)N1CCC(N2CCCCC2=O)CC1. The summed E-state index contributed by atoms with van der Waals surface area (Å²) in [6.45, 7) is 6.45. The first-order chi connectivity index (χ1) is 10.0. The zero-order valence-corrected chi connectivity index (χ0v) is 13.4. The van der Waals surface area contributed by atoms with Crippen LogP contribution in [0.5, 0.6) is 0 Å². The summed E-state index contributed by atoms with van der Waals surface area (Å²) < 4.78 is 0. The number of nitrogens with zero attached hydrogens (tertiary/aromatic N) is 2. The topological polar surface area (TPSA) is 66.6 Å². The molecule has 0 bridgehead atoms. The van der Waals surface area contributed by atoms with Gasteiger partial charge in [-0.3, -0.25) is 9.59 Å². The smallest absolute Gasteiger partial charge is 0.239 e. The zero-order valence-electron chi connectivity index (χ0n) is 13.4. The Morgan fingerprint density at radius 1 is 1.29 bits per heavy atom. The number of carbonyl (C=O) groups excluding carboxylic acids is 2. The molecule has 0 aliphatic carbocycles. The van der Waals surface area contributed by atoms with Crippen molar-refractivity contribution >= 4 is 11.8 Å².